The Morgan fingerprint density at radius 2 is 2.24 bits per heavy atom. The Hall–Kier alpha value is -0.970. The summed E-state index contributed by atoms with van der Waals surface area (Å²) in [6.45, 7) is 3.11. The van der Waals surface area contributed by atoms with Crippen LogP contribution in [0, 0.1) is 0 Å². The lowest BCUT2D eigenvalue weighted by atomic mass is 10.1. The van der Waals surface area contributed by atoms with E-state index in [1.165, 1.54) is 4.88 Å². The second kappa shape index (κ2) is 6.10. The van der Waals surface area contributed by atoms with E-state index in [1.54, 1.807) is 23.7 Å². The minimum atomic E-state index is 0.156. The van der Waals surface area contributed by atoms with Crippen LogP contribution in [0.1, 0.15) is 29.8 Å². The van der Waals surface area contributed by atoms with Crippen LogP contribution >= 0.6 is 22.9 Å². The molecule has 2 rings (SSSR count). The molecule has 0 bridgehead atoms. The first-order valence-electron chi connectivity index (χ1n) is 5.56. The molecule has 17 heavy (non-hydrogen) atoms. The normalized spacial score (nSPS) is 12.6. The molecule has 3 nitrogen and oxygen atoms in total. The molecule has 2 heterocycles. The summed E-state index contributed by atoms with van der Waals surface area (Å²) >= 11 is 7.58. The Morgan fingerprint density at radius 3 is 2.82 bits per heavy atom. The lowest BCUT2D eigenvalue weighted by Crippen LogP contribution is -2.22. The molecule has 2 aromatic rings. The highest BCUT2D eigenvalue weighted by Crippen LogP contribution is 2.30. The van der Waals surface area contributed by atoms with E-state index in [-0.39, 0.29) is 6.04 Å². The highest BCUT2D eigenvalue weighted by Gasteiger charge is 2.15. The van der Waals surface area contributed by atoms with Gasteiger partial charge in [0, 0.05) is 11.1 Å². The van der Waals surface area contributed by atoms with Crippen LogP contribution < -0.4 is 5.32 Å². The maximum absolute atomic E-state index is 5.99. The molecule has 2 aromatic heterocycles. The minimum Gasteiger partial charge on any atom is -0.306 e. The molecule has 0 saturated carbocycles. The molecular formula is C12H14ClN3S. The average molecular weight is 268 g/mol. The van der Waals surface area contributed by atoms with Crippen molar-refractivity contribution in [3.05, 3.63) is 45.4 Å². The third kappa shape index (κ3) is 3.25. The van der Waals surface area contributed by atoms with Crippen LogP contribution in [0.3, 0.4) is 0 Å². The molecule has 1 N–H and O–H groups in total. The van der Waals surface area contributed by atoms with E-state index in [0.717, 1.165) is 22.9 Å². The molecule has 1 atom stereocenters. The first-order valence-corrected chi connectivity index (χ1v) is 6.76. The van der Waals surface area contributed by atoms with Gasteiger partial charge < -0.3 is 5.32 Å². The van der Waals surface area contributed by atoms with Gasteiger partial charge in [0.05, 0.1) is 16.6 Å². The summed E-state index contributed by atoms with van der Waals surface area (Å²) in [5.41, 5.74) is 1.12. The van der Waals surface area contributed by atoms with Gasteiger partial charge in [-0.1, -0.05) is 18.5 Å². The van der Waals surface area contributed by atoms with Crippen molar-refractivity contribution in [2.24, 2.45) is 0 Å². The van der Waals surface area contributed by atoms with Gasteiger partial charge in [-0.15, -0.1) is 11.3 Å². The van der Waals surface area contributed by atoms with Crippen molar-refractivity contribution in [3.8, 4) is 0 Å². The van der Waals surface area contributed by atoms with E-state index >= 15 is 0 Å². The summed E-state index contributed by atoms with van der Waals surface area (Å²) in [6, 6.07) is 6.12. The Bertz CT molecular complexity index is 458. The maximum Gasteiger partial charge on any atom is 0.0931 e. The number of nitrogens with one attached hydrogen (secondary N) is 1. The average Bonchev–Trinajstić information content (AvgIpc) is 2.78. The van der Waals surface area contributed by atoms with Gasteiger partial charge in [0.2, 0.25) is 0 Å². The summed E-state index contributed by atoms with van der Waals surface area (Å²) in [7, 11) is 0. The number of aromatic nitrogens is 2. The quantitative estimate of drug-likeness (QED) is 0.903. The van der Waals surface area contributed by atoms with E-state index < -0.39 is 0 Å². The molecule has 0 fully saturated rings. The molecular weight excluding hydrogens is 254 g/mol. The predicted octanol–water partition coefficient (Wildman–Crippen LogP) is 3.28. The first-order chi connectivity index (χ1) is 8.31. The molecule has 0 spiro atoms. The fourth-order valence-electron chi connectivity index (χ4n) is 1.63. The van der Waals surface area contributed by atoms with E-state index in [2.05, 4.69) is 28.5 Å². The number of rotatable bonds is 5. The van der Waals surface area contributed by atoms with Gasteiger partial charge in [0.15, 0.2) is 0 Å². The Morgan fingerprint density at radius 1 is 1.35 bits per heavy atom. The zero-order chi connectivity index (χ0) is 12.1. The fourth-order valence-corrected chi connectivity index (χ4v) is 2.79. The van der Waals surface area contributed by atoms with E-state index in [0.29, 0.717) is 0 Å². The van der Waals surface area contributed by atoms with Gasteiger partial charge in [-0.2, -0.15) is 10.2 Å². The zero-order valence-corrected chi connectivity index (χ0v) is 11.1. The van der Waals surface area contributed by atoms with Crippen molar-refractivity contribution in [2.45, 2.75) is 19.4 Å². The topological polar surface area (TPSA) is 37.8 Å². The molecule has 90 valence electrons. The molecule has 0 amide bonds. The van der Waals surface area contributed by atoms with Crippen LogP contribution in [-0.2, 0) is 0 Å². The largest absolute Gasteiger partial charge is 0.306 e. The molecule has 5 heteroatoms. The van der Waals surface area contributed by atoms with E-state index in [1.807, 2.05) is 12.1 Å². The van der Waals surface area contributed by atoms with Gasteiger partial charge in [0.25, 0.3) is 0 Å². The van der Waals surface area contributed by atoms with Gasteiger partial charge in [-0.05, 0) is 36.7 Å². The standard InChI is InChI=1S/C12H14ClN3S/c1-2-6-14-12(9-5-7-15-16-8-9)10-3-4-11(13)17-10/h3-5,7-8,12,14H,2,6H2,1H3. The zero-order valence-electron chi connectivity index (χ0n) is 9.56. The van der Waals surface area contributed by atoms with Crippen LogP contribution in [0.2, 0.25) is 4.34 Å². The second-order valence-corrected chi connectivity index (χ2v) is 5.45. The third-order valence-electron chi connectivity index (χ3n) is 2.42. The molecule has 0 aliphatic heterocycles. The Kier molecular flexibility index (Phi) is 4.48. The van der Waals surface area contributed by atoms with Crippen LogP contribution in [0.5, 0.6) is 0 Å². The van der Waals surface area contributed by atoms with Crippen LogP contribution in [0.4, 0.5) is 0 Å². The van der Waals surface area contributed by atoms with Gasteiger partial charge in [-0.25, -0.2) is 0 Å². The van der Waals surface area contributed by atoms with Crippen LogP contribution in [-0.4, -0.2) is 16.7 Å². The van der Waals surface area contributed by atoms with Crippen LogP contribution in [0.25, 0.3) is 0 Å². The lowest BCUT2D eigenvalue weighted by Gasteiger charge is -2.16. The monoisotopic (exact) mass is 267 g/mol. The number of hydrogen-bond acceptors (Lipinski definition) is 4. The summed E-state index contributed by atoms with van der Waals surface area (Å²) < 4.78 is 0.810. The fraction of sp³-hybridized carbons (Fsp3) is 0.333. The maximum atomic E-state index is 5.99. The number of thiophene rings is 1. The number of halogens is 1. The van der Waals surface area contributed by atoms with Crippen molar-refractivity contribution in [1.82, 2.24) is 15.5 Å². The molecule has 0 aliphatic carbocycles. The van der Waals surface area contributed by atoms with Crippen molar-refractivity contribution < 1.29 is 0 Å². The third-order valence-corrected chi connectivity index (χ3v) is 3.71. The molecule has 1 unspecified atom stereocenters. The predicted molar refractivity (Wildman–Crippen MR) is 71.5 cm³/mol. The van der Waals surface area contributed by atoms with Gasteiger partial charge in [0.1, 0.15) is 0 Å². The van der Waals surface area contributed by atoms with E-state index in [4.69, 9.17) is 11.6 Å². The summed E-state index contributed by atoms with van der Waals surface area (Å²) in [4.78, 5) is 1.21. The van der Waals surface area contributed by atoms with Gasteiger partial charge >= 0.3 is 0 Å². The highest BCUT2D eigenvalue weighted by atomic mass is 35.5. The second-order valence-electron chi connectivity index (χ2n) is 3.70. The van der Waals surface area contributed by atoms with Crippen molar-refractivity contribution in [3.63, 3.8) is 0 Å². The van der Waals surface area contributed by atoms with Crippen molar-refractivity contribution >= 4 is 22.9 Å². The molecule has 0 aromatic carbocycles. The Labute approximate surface area is 110 Å². The van der Waals surface area contributed by atoms with Gasteiger partial charge in [-0.3, -0.25) is 0 Å². The smallest absolute Gasteiger partial charge is 0.0931 e. The first kappa shape index (κ1) is 12.5. The minimum absolute atomic E-state index is 0.156. The molecule has 0 aliphatic rings. The number of hydrogen-bond donors (Lipinski definition) is 1. The molecule has 0 radical (unpaired) electrons. The van der Waals surface area contributed by atoms with Crippen molar-refractivity contribution in [1.29, 1.82) is 0 Å². The lowest BCUT2D eigenvalue weighted by molar-refractivity contribution is 0.602. The SMILES string of the molecule is CCCNC(c1ccnnc1)c1ccc(Cl)s1. The van der Waals surface area contributed by atoms with Crippen LogP contribution in [0.15, 0.2) is 30.6 Å². The Balaban J connectivity index is 2.25. The summed E-state index contributed by atoms with van der Waals surface area (Å²) in [5, 5.41) is 11.2. The highest BCUT2D eigenvalue weighted by molar-refractivity contribution is 7.16. The van der Waals surface area contributed by atoms with E-state index in [9.17, 15) is 0 Å². The summed E-state index contributed by atoms with van der Waals surface area (Å²) in [6.07, 6.45) is 4.60. The molecule has 0 saturated heterocycles. The van der Waals surface area contributed by atoms with Crippen molar-refractivity contribution in [2.75, 3.05) is 6.54 Å². The number of nitrogens with zero attached hydrogens (tertiary/aromatic N) is 2. The summed E-state index contributed by atoms with van der Waals surface area (Å²) in [5.74, 6) is 0.